The van der Waals surface area contributed by atoms with E-state index in [1.165, 1.54) is 42.1 Å². The van der Waals surface area contributed by atoms with E-state index in [9.17, 15) is 24.5 Å². The zero-order valence-electron chi connectivity index (χ0n) is 12.6. The number of nitrogens with zero attached hydrogens (tertiary/aromatic N) is 2. The fourth-order valence-corrected chi connectivity index (χ4v) is 1.96. The molecule has 24 heavy (non-hydrogen) atoms. The van der Waals surface area contributed by atoms with Crippen LogP contribution in [0.4, 0.5) is 11.4 Å². The van der Waals surface area contributed by atoms with E-state index >= 15 is 0 Å². The lowest BCUT2D eigenvalue weighted by Crippen LogP contribution is -2.29. The molecule has 0 spiro atoms. The first-order chi connectivity index (χ1) is 11.4. The Kier molecular flexibility index (Phi) is 5.09. The van der Waals surface area contributed by atoms with Crippen LogP contribution in [0.1, 0.15) is 6.42 Å². The molecule has 0 aliphatic heterocycles. The third kappa shape index (κ3) is 4.06. The van der Waals surface area contributed by atoms with Crippen LogP contribution in [-0.2, 0) is 11.3 Å². The van der Waals surface area contributed by atoms with E-state index < -0.39 is 22.1 Å². The molecule has 0 unspecified atom stereocenters. The molecule has 0 radical (unpaired) electrons. The Morgan fingerprint density at radius 1 is 1.38 bits per heavy atom. The van der Waals surface area contributed by atoms with E-state index in [4.69, 9.17) is 4.74 Å². The fourth-order valence-electron chi connectivity index (χ4n) is 1.96. The molecule has 10 heteroatoms. The highest BCUT2D eigenvalue weighted by Gasteiger charge is 2.13. The van der Waals surface area contributed by atoms with Gasteiger partial charge in [-0.15, -0.1) is 0 Å². The lowest BCUT2D eigenvalue weighted by atomic mass is 10.2. The largest absolute Gasteiger partial charge is 0.495 e. The molecule has 0 fully saturated rings. The van der Waals surface area contributed by atoms with Crippen LogP contribution < -0.4 is 21.3 Å². The van der Waals surface area contributed by atoms with E-state index in [-0.39, 0.29) is 30.1 Å². The number of hydrogen-bond acceptors (Lipinski definition) is 6. The number of non-ortho nitro benzene ring substituents is 1. The van der Waals surface area contributed by atoms with Gasteiger partial charge in [-0.1, -0.05) is 0 Å². The van der Waals surface area contributed by atoms with Gasteiger partial charge in [-0.2, -0.15) is 0 Å². The van der Waals surface area contributed by atoms with Crippen molar-refractivity contribution in [2.24, 2.45) is 0 Å². The van der Waals surface area contributed by atoms with Crippen molar-refractivity contribution in [1.29, 1.82) is 0 Å². The third-order valence-corrected chi connectivity index (χ3v) is 3.14. The van der Waals surface area contributed by atoms with Crippen molar-refractivity contribution in [3.63, 3.8) is 0 Å². The first-order valence-corrected chi connectivity index (χ1v) is 6.83. The van der Waals surface area contributed by atoms with Crippen LogP contribution >= 0.6 is 0 Å². The average Bonchev–Trinajstić information content (AvgIpc) is 2.53. The second-order valence-electron chi connectivity index (χ2n) is 4.74. The molecule has 0 aliphatic rings. The van der Waals surface area contributed by atoms with Gasteiger partial charge < -0.3 is 14.6 Å². The summed E-state index contributed by atoms with van der Waals surface area (Å²) in [7, 11) is 1.37. The predicted molar refractivity (Wildman–Crippen MR) is 84.2 cm³/mol. The minimum atomic E-state index is -0.622. The molecular formula is C14H14N4O6. The number of anilines is 1. The Morgan fingerprint density at radius 2 is 2.12 bits per heavy atom. The molecule has 1 aromatic carbocycles. The molecule has 10 nitrogen and oxygen atoms in total. The number of H-pyrrole nitrogens is 1. The number of aryl methyl sites for hydroxylation is 1. The van der Waals surface area contributed by atoms with Gasteiger partial charge in [0.25, 0.3) is 11.2 Å². The van der Waals surface area contributed by atoms with Crippen LogP contribution in [-0.4, -0.2) is 27.5 Å². The maximum absolute atomic E-state index is 12.0. The molecule has 0 atom stereocenters. The number of aromatic amines is 1. The summed E-state index contributed by atoms with van der Waals surface area (Å²) in [4.78, 5) is 46.7. The smallest absolute Gasteiger partial charge is 0.328 e. The molecule has 2 rings (SSSR count). The van der Waals surface area contributed by atoms with Crippen LogP contribution in [0.5, 0.6) is 5.75 Å². The number of nitro benzene ring substituents is 1. The Hall–Kier alpha value is -3.43. The lowest BCUT2D eigenvalue weighted by Gasteiger charge is -2.10. The van der Waals surface area contributed by atoms with Crippen molar-refractivity contribution >= 4 is 17.3 Å². The number of methoxy groups -OCH3 is 1. The van der Waals surface area contributed by atoms with Crippen molar-refractivity contribution in [3.05, 3.63) is 61.4 Å². The zero-order valence-corrected chi connectivity index (χ0v) is 12.6. The van der Waals surface area contributed by atoms with Crippen LogP contribution in [0.15, 0.2) is 40.1 Å². The molecule has 0 aliphatic carbocycles. The molecule has 0 saturated carbocycles. The number of ether oxygens (including phenoxy) is 1. The molecular weight excluding hydrogens is 320 g/mol. The SMILES string of the molecule is COc1ccc([N+](=O)[O-])cc1NC(=O)CCn1ccc(=O)[nH]c1=O. The van der Waals surface area contributed by atoms with E-state index in [2.05, 4.69) is 10.3 Å². The van der Waals surface area contributed by atoms with Gasteiger partial charge in [0, 0.05) is 37.4 Å². The number of amides is 1. The maximum Gasteiger partial charge on any atom is 0.328 e. The van der Waals surface area contributed by atoms with E-state index in [0.717, 1.165) is 0 Å². The van der Waals surface area contributed by atoms with Crippen LogP contribution in [0.3, 0.4) is 0 Å². The zero-order chi connectivity index (χ0) is 17.7. The molecule has 1 amide bonds. The summed E-state index contributed by atoms with van der Waals surface area (Å²) >= 11 is 0. The van der Waals surface area contributed by atoms with E-state index in [0.29, 0.717) is 0 Å². The quantitative estimate of drug-likeness (QED) is 0.582. The lowest BCUT2D eigenvalue weighted by molar-refractivity contribution is -0.384. The fraction of sp³-hybridized carbons (Fsp3) is 0.214. The second-order valence-corrected chi connectivity index (χ2v) is 4.74. The highest BCUT2D eigenvalue weighted by Crippen LogP contribution is 2.28. The van der Waals surface area contributed by atoms with Crippen LogP contribution in [0.25, 0.3) is 0 Å². The van der Waals surface area contributed by atoms with Crippen molar-refractivity contribution in [3.8, 4) is 5.75 Å². The monoisotopic (exact) mass is 334 g/mol. The minimum Gasteiger partial charge on any atom is -0.495 e. The number of nitro groups is 1. The first-order valence-electron chi connectivity index (χ1n) is 6.83. The summed E-state index contributed by atoms with van der Waals surface area (Å²) in [6, 6.07) is 4.99. The Morgan fingerprint density at radius 3 is 2.75 bits per heavy atom. The highest BCUT2D eigenvalue weighted by atomic mass is 16.6. The molecule has 0 bridgehead atoms. The topological polar surface area (TPSA) is 136 Å². The predicted octanol–water partition coefficient (Wildman–Crippen LogP) is 0.482. The number of hydrogen-bond donors (Lipinski definition) is 2. The summed E-state index contributed by atoms with van der Waals surface area (Å²) in [6.07, 6.45) is 1.21. The number of carbonyl (C=O) groups excluding carboxylic acids is 1. The minimum absolute atomic E-state index is 0.0404. The average molecular weight is 334 g/mol. The molecule has 2 N–H and O–H groups in total. The van der Waals surface area contributed by atoms with Gasteiger partial charge in [-0.05, 0) is 6.07 Å². The standard InChI is InChI=1S/C14H14N4O6/c1-24-11-3-2-9(18(22)23)8-10(11)15-12(19)4-6-17-7-5-13(20)16-14(17)21/h2-3,5,7-8H,4,6H2,1H3,(H,15,19)(H,16,20,21). The van der Waals surface area contributed by atoms with Crippen molar-refractivity contribution in [2.45, 2.75) is 13.0 Å². The molecule has 1 heterocycles. The summed E-state index contributed by atoms with van der Waals surface area (Å²) in [5.74, 6) is -0.193. The summed E-state index contributed by atoms with van der Waals surface area (Å²) in [5, 5.41) is 13.3. The first kappa shape index (κ1) is 16.9. The van der Waals surface area contributed by atoms with Gasteiger partial charge in [0.05, 0.1) is 17.7 Å². The number of rotatable bonds is 6. The van der Waals surface area contributed by atoms with Crippen LogP contribution in [0.2, 0.25) is 0 Å². The van der Waals surface area contributed by atoms with Crippen LogP contribution in [0, 0.1) is 10.1 Å². The summed E-state index contributed by atoms with van der Waals surface area (Å²) in [6.45, 7) is 0.0404. The maximum atomic E-state index is 12.0. The van der Waals surface area contributed by atoms with Crippen molar-refractivity contribution in [2.75, 3.05) is 12.4 Å². The Labute approximate surface area is 134 Å². The van der Waals surface area contributed by atoms with Crippen molar-refractivity contribution < 1.29 is 14.5 Å². The second kappa shape index (κ2) is 7.22. The van der Waals surface area contributed by atoms with Gasteiger partial charge in [-0.25, -0.2) is 4.79 Å². The number of nitrogens with one attached hydrogen (secondary N) is 2. The van der Waals surface area contributed by atoms with Gasteiger partial charge >= 0.3 is 5.69 Å². The number of carbonyl (C=O) groups is 1. The molecule has 0 saturated heterocycles. The van der Waals surface area contributed by atoms with Gasteiger partial charge in [-0.3, -0.25) is 24.7 Å². The molecule has 1 aromatic heterocycles. The van der Waals surface area contributed by atoms with Gasteiger partial charge in [0.1, 0.15) is 5.75 Å². The molecule has 2 aromatic rings. The number of benzene rings is 1. The summed E-state index contributed by atoms with van der Waals surface area (Å²) < 4.78 is 6.22. The van der Waals surface area contributed by atoms with Gasteiger partial charge in [0.2, 0.25) is 5.91 Å². The van der Waals surface area contributed by atoms with Gasteiger partial charge in [0.15, 0.2) is 0 Å². The highest BCUT2D eigenvalue weighted by molar-refractivity contribution is 5.92. The Bertz CT molecular complexity index is 885. The summed E-state index contributed by atoms with van der Waals surface area (Å²) in [5.41, 5.74) is -1.18. The number of aromatic nitrogens is 2. The normalized spacial score (nSPS) is 10.2. The Balaban J connectivity index is 2.09. The molecule has 126 valence electrons. The van der Waals surface area contributed by atoms with E-state index in [1.54, 1.807) is 0 Å². The van der Waals surface area contributed by atoms with E-state index in [1.807, 2.05) is 0 Å². The third-order valence-electron chi connectivity index (χ3n) is 3.14. The van der Waals surface area contributed by atoms with Crippen molar-refractivity contribution in [1.82, 2.24) is 9.55 Å².